The lowest BCUT2D eigenvalue weighted by Crippen LogP contribution is -2.50. The fourth-order valence-electron chi connectivity index (χ4n) is 3.50. The number of aliphatic carboxylic acids is 1. The van der Waals surface area contributed by atoms with Crippen molar-refractivity contribution in [3.05, 3.63) is 34.9 Å². The van der Waals surface area contributed by atoms with Crippen molar-refractivity contribution in [2.45, 2.75) is 18.4 Å². The smallest absolute Gasteiger partial charge is 0.317 e. The van der Waals surface area contributed by atoms with Crippen molar-refractivity contribution in [3.8, 4) is 0 Å². The Hall–Kier alpha value is -1.63. The second-order valence-electron chi connectivity index (χ2n) is 6.84. The highest BCUT2D eigenvalue weighted by atomic mass is 35.5. The van der Waals surface area contributed by atoms with Crippen LogP contribution in [0.5, 0.6) is 0 Å². The SMILES string of the molecule is CN(CC(=O)O)CC1CN(C(=O)C2CC2c2ccccc2Cl)CCO1. The van der Waals surface area contributed by atoms with Gasteiger partial charge in [0.25, 0.3) is 0 Å². The third-order valence-corrected chi connectivity index (χ3v) is 5.13. The second-order valence-corrected chi connectivity index (χ2v) is 7.24. The number of rotatable bonds is 6. The number of benzene rings is 1. The Morgan fingerprint density at radius 1 is 1.40 bits per heavy atom. The lowest BCUT2D eigenvalue weighted by Gasteiger charge is -2.34. The zero-order valence-corrected chi connectivity index (χ0v) is 15.0. The van der Waals surface area contributed by atoms with Gasteiger partial charge in [0, 0.05) is 30.6 Å². The predicted octanol–water partition coefficient (Wildman–Crippen LogP) is 1.69. The molecule has 1 aromatic rings. The minimum absolute atomic E-state index is 0.00426. The number of hydrogen-bond acceptors (Lipinski definition) is 4. The number of likely N-dealkylation sites (N-methyl/N-ethyl adjacent to an activating group) is 1. The molecule has 1 amide bonds. The lowest BCUT2D eigenvalue weighted by atomic mass is 10.1. The van der Waals surface area contributed by atoms with E-state index in [0.717, 1.165) is 17.0 Å². The highest BCUT2D eigenvalue weighted by Crippen LogP contribution is 2.50. The minimum atomic E-state index is -0.869. The summed E-state index contributed by atoms with van der Waals surface area (Å²) in [6.07, 6.45) is 0.684. The molecule has 0 radical (unpaired) electrons. The maximum absolute atomic E-state index is 12.8. The van der Waals surface area contributed by atoms with E-state index in [1.54, 1.807) is 11.9 Å². The maximum Gasteiger partial charge on any atom is 0.317 e. The van der Waals surface area contributed by atoms with Crippen molar-refractivity contribution in [2.75, 3.05) is 39.8 Å². The lowest BCUT2D eigenvalue weighted by molar-refractivity contribution is -0.143. The molecule has 1 aromatic carbocycles. The number of amides is 1. The van der Waals surface area contributed by atoms with Gasteiger partial charge in [0.05, 0.1) is 19.3 Å². The minimum Gasteiger partial charge on any atom is -0.480 e. The molecule has 0 bridgehead atoms. The summed E-state index contributed by atoms with van der Waals surface area (Å²) >= 11 is 6.24. The number of morpholine rings is 1. The van der Waals surface area contributed by atoms with Gasteiger partial charge in [-0.3, -0.25) is 14.5 Å². The van der Waals surface area contributed by atoms with Crippen molar-refractivity contribution in [3.63, 3.8) is 0 Å². The van der Waals surface area contributed by atoms with E-state index in [2.05, 4.69) is 0 Å². The van der Waals surface area contributed by atoms with Crippen LogP contribution in [-0.4, -0.2) is 72.7 Å². The van der Waals surface area contributed by atoms with Crippen molar-refractivity contribution in [1.82, 2.24) is 9.80 Å². The van der Waals surface area contributed by atoms with Gasteiger partial charge < -0.3 is 14.7 Å². The first-order valence-electron chi connectivity index (χ1n) is 8.51. The van der Waals surface area contributed by atoms with Crippen LogP contribution in [0, 0.1) is 5.92 Å². The summed E-state index contributed by atoms with van der Waals surface area (Å²) in [4.78, 5) is 27.1. The van der Waals surface area contributed by atoms with Gasteiger partial charge in [-0.15, -0.1) is 0 Å². The third-order valence-electron chi connectivity index (χ3n) is 4.78. The Morgan fingerprint density at radius 2 is 2.16 bits per heavy atom. The normalized spacial score (nSPS) is 25.9. The van der Waals surface area contributed by atoms with Crippen LogP contribution < -0.4 is 0 Å². The summed E-state index contributed by atoms with van der Waals surface area (Å²) in [6.45, 7) is 2.04. The van der Waals surface area contributed by atoms with E-state index in [-0.39, 0.29) is 30.4 Å². The molecule has 3 atom stereocenters. The Morgan fingerprint density at radius 3 is 2.88 bits per heavy atom. The molecule has 1 saturated heterocycles. The van der Waals surface area contributed by atoms with Crippen LogP contribution in [0.2, 0.25) is 5.02 Å². The molecule has 25 heavy (non-hydrogen) atoms. The summed E-state index contributed by atoms with van der Waals surface area (Å²) < 4.78 is 5.69. The Balaban J connectivity index is 1.54. The average molecular weight is 367 g/mol. The van der Waals surface area contributed by atoms with Crippen molar-refractivity contribution in [1.29, 1.82) is 0 Å². The number of carbonyl (C=O) groups excluding carboxylic acids is 1. The van der Waals surface area contributed by atoms with Crippen LogP contribution in [0.1, 0.15) is 17.9 Å². The summed E-state index contributed by atoms with van der Waals surface area (Å²) in [5.74, 6) is -0.515. The van der Waals surface area contributed by atoms with E-state index in [4.69, 9.17) is 21.4 Å². The van der Waals surface area contributed by atoms with E-state index < -0.39 is 5.97 Å². The van der Waals surface area contributed by atoms with Crippen LogP contribution in [-0.2, 0) is 14.3 Å². The number of nitrogens with zero attached hydrogens (tertiary/aromatic N) is 2. The highest BCUT2D eigenvalue weighted by molar-refractivity contribution is 6.31. The molecule has 2 aliphatic rings. The Bertz CT molecular complexity index is 654. The van der Waals surface area contributed by atoms with Gasteiger partial charge in [-0.2, -0.15) is 0 Å². The molecule has 3 rings (SSSR count). The van der Waals surface area contributed by atoms with Crippen molar-refractivity contribution >= 4 is 23.5 Å². The highest BCUT2D eigenvalue weighted by Gasteiger charge is 2.47. The first-order valence-corrected chi connectivity index (χ1v) is 8.88. The quantitative estimate of drug-likeness (QED) is 0.829. The third kappa shape index (κ3) is 4.51. The van der Waals surface area contributed by atoms with Crippen molar-refractivity contribution < 1.29 is 19.4 Å². The molecular weight excluding hydrogens is 344 g/mol. The first-order chi connectivity index (χ1) is 12.0. The summed E-state index contributed by atoms with van der Waals surface area (Å²) in [6, 6.07) is 7.69. The van der Waals surface area contributed by atoms with Crippen LogP contribution in [0.25, 0.3) is 0 Å². The first kappa shape index (κ1) is 18.2. The van der Waals surface area contributed by atoms with Crippen LogP contribution in [0.3, 0.4) is 0 Å². The fourth-order valence-corrected chi connectivity index (χ4v) is 3.77. The molecule has 0 aromatic heterocycles. The number of carboxylic acids is 1. The van der Waals surface area contributed by atoms with E-state index in [0.29, 0.717) is 26.2 Å². The molecule has 1 aliphatic carbocycles. The molecule has 1 saturated carbocycles. The second kappa shape index (κ2) is 7.72. The topological polar surface area (TPSA) is 70.1 Å². The molecule has 136 valence electrons. The van der Waals surface area contributed by atoms with Gasteiger partial charge in [0.2, 0.25) is 5.91 Å². The van der Waals surface area contributed by atoms with Gasteiger partial charge in [-0.25, -0.2) is 0 Å². The summed E-state index contributed by atoms with van der Waals surface area (Å²) in [5.41, 5.74) is 1.05. The monoisotopic (exact) mass is 366 g/mol. The zero-order valence-electron chi connectivity index (χ0n) is 14.2. The van der Waals surface area contributed by atoms with E-state index >= 15 is 0 Å². The molecule has 1 heterocycles. The standard InChI is InChI=1S/C18H23ClN2O4/c1-20(11-17(22)23)9-12-10-21(6-7-25-12)18(24)15-8-14(15)13-4-2-3-5-16(13)19/h2-5,12,14-15H,6-11H2,1H3,(H,22,23). The number of halogens is 1. The molecule has 0 spiro atoms. The van der Waals surface area contributed by atoms with Crippen molar-refractivity contribution in [2.24, 2.45) is 5.92 Å². The molecule has 2 fully saturated rings. The Kier molecular flexibility index (Phi) is 5.61. The maximum atomic E-state index is 12.8. The molecule has 6 nitrogen and oxygen atoms in total. The number of ether oxygens (including phenoxy) is 1. The fraction of sp³-hybridized carbons (Fsp3) is 0.556. The van der Waals surface area contributed by atoms with E-state index in [1.165, 1.54) is 0 Å². The molecule has 3 unspecified atom stereocenters. The van der Waals surface area contributed by atoms with Gasteiger partial charge in [0.1, 0.15) is 0 Å². The van der Waals surface area contributed by atoms with Gasteiger partial charge in [-0.05, 0) is 31.0 Å². The van der Waals surface area contributed by atoms with Crippen LogP contribution in [0.4, 0.5) is 0 Å². The largest absolute Gasteiger partial charge is 0.480 e. The van der Waals surface area contributed by atoms with Crippen LogP contribution >= 0.6 is 11.6 Å². The average Bonchev–Trinajstić information content (AvgIpc) is 3.34. The molecule has 1 aliphatic heterocycles. The van der Waals surface area contributed by atoms with E-state index in [1.807, 2.05) is 29.2 Å². The van der Waals surface area contributed by atoms with Crippen LogP contribution in [0.15, 0.2) is 24.3 Å². The number of hydrogen-bond donors (Lipinski definition) is 1. The molecular formula is C18H23ClN2O4. The summed E-state index contributed by atoms with van der Waals surface area (Å²) in [5, 5.41) is 9.56. The zero-order chi connectivity index (χ0) is 18.0. The van der Waals surface area contributed by atoms with Gasteiger partial charge >= 0.3 is 5.97 Å². The molecule has 1 N–H and O–H groups in total. The predicted molar refractivity (Wildman–Crippen MR) is 93.8 cm³/mol. The summed E-state index contributed by atoms with van der Waals surface area (Å²) in [7, 11) is 1.74. The van der Waals surface area contributed by atoms with Gasteiger partial charge in [-0.1, -0.05) is 29.8 Å². The van der Waals surface area contributed by atoms with Gasteiger partial charge in [0.15, 0.2) is 0 Å². The number of carboxylic acid groups (broad SMARTS) is 1. The molecule has 7 heteroatoms. The Labute approximate surface area is 152 Å². The van der Waals surface area contributed by atoms with E-state index in [9.17, 15) is 9.59 Å². The number of carbonyl (C=O) groups is 2.